The SMILES string of the molecule is CC(C)NC(=O)C1N(CCO)C(=O)[C@@H]2[C@@H](C(=O)NCc3ccccc3)[C@@H]3SC12CC3Br. The molecule has 3 amide bonds. The van der Waals surface area contributed by atoms with Gasteiger partial charge in [-0.3, -0.25) is 14.4 Å². The van der Waals surface area contributed by atoms with Gasteiger partial charge in [0, 0.05) is 29.2 Å². The Morgan fingerprint density at radius 1 is 1.29 bits per heavy atom. The van der Waals surface area contributed by atoms with Gasteiger partial charge < -0.3 is 20.6 Å². The molecule has 3 aliphatic heterocycles. The second-order valence-electron chi connectivity index (χ2n) is 8.79. The number of rotatable bonds is 7. The van der Waals surface area contributed by atoms with Crippen molar-refractivity contribution in [2.75, 3.05) is 13.2 Å². The Balaban J connectivity index is 1.63. The number of halogens is 1. The van der Waals surface area contributed by atoms with Gasteiger partial charge in [0.25, 0.3) is 0 Å². The van der Waals surface area contributed by atoms with Gasteiger partial charge in [0.15, 0.2) is 0 Å². The fourth-order valence-corrected chi connectivity index (χ4v) is 8.96. The van der Waals surface area contributed by atoms with E-state index >= 15 is 0 Å². The molecule has 0 saturated carbocycles. The van der Waals surface area contributed by atoms with Crippen molar-refractivity contribution in [2.24, 2.45) is 11.8 Å². The lowest BCUT2D eigenvalue weighted by atomic mass is 9.70. The van der Waals surface area contributed by atoms with Crippen LogP contribution in [0.3, 0.4) is 0 Å². The van der Waals surface area contributed by atoms with E-state index in [1.54, 1.807) is 11.8 Å². The lowest BCUT2D eigenvalue weighted by Crippen LogP contribution is -2.56. The van der Waals surface area contributed by atoms with Crippen LogP contribution in [0.5, 0.6) is 0 Å². The molecule has 4 rings (SSSR count). The Hall–Kier alpha value is -1.58. The summed E-state index contributed by atoms with van der Waals surface area (Å²) in [5.74, 6) is -1.65. The van der Waals surface area contributed by atoms with Crippen molar-refractivity contribution in [3.63, 3.8) is 0 Å². The number of thioether (sulfide) groups is 1. The molecule has 3 heterocycles. The number of hydrogen-bond acceptors (Lipinski definition) is 5. The molecule has 1 aromatic carbocycles. The van der Waals surface area contributed by atoms with E-state index in [2.05, 4.69) is 26.6 Å². The van der Waals surface area contributed by atoms with Crippen molar-refractivity contribution in [2.45, 2.75) is 53.7 Å². The third kappa shape index (κ3) is 3.78. The largest absolute Gasteiger partial charge is 0.395 e. The van der Waals surface area contributed by atoms with E-state index in [9.17, 15) is 19.5 Å². The van der Waals surface area contributed by atoms with E-state index in [1.165, 1.54) is 4.90 Å². The third-order valence-corrected chi connectivity index (χ3v) is 9.64. The van der Waals surface area contributed by atoms with Gasteiger partial charge in [0.05, 0.1) is 23.2 Å². The Bertz CT molecular complexity index is 870. The highest BCUT2D eigenvalue weighted by molar-refractivity contribution is 9.09. The Labute approximate surface area is 194 Å². The highest BCUT2D eigenvalue weighted by atomic mass is 79.9. The fraction of sp³-hybridized carbons (Fsp3) is 0.591. The zero-order valence-electron chi connectivity index (χ0n) is 17.6. The van der Waals surface area contributed by atoms with E-state index in [0.717, 1.165) is 5.56 Å². The van der Waals surface area contributed by atoms with Crippen LogP contribution in [0.2, 0.25) is 0 Å². The smallest absolute Gasteiger partial charge is 0.244 e. The molecular formula is C22H28BrN3O4S. The van der Waals surface area contributed by atoms with Crippen LogP contribution in [0.15, 0.2) is 30.3 Å². The molecule has 7 nitrogen and oxygen atoms in total. The first-order valence-corrected chi connectivity index (χ1v) is 12.4. The number of aliphatic hydroxyl groups is 1. The van der Waals surface area contributed by atoms with Crippen LogP contribution in [0.25, 0.3) is 0 Å². The van der Waals surface area contributed by atoms with Gasteiger partial charge in [0.2, 0.25) is 17.7 Å². The zero-order chi connectivity index (χ0) is 22.3. The summed E-state index contributed by atoms with van der Waals surface area (Å²) < 4.78 is -0.668. The van der Waals surface area contributed by atoms with Gasteiger partial charge in [-0.15, -0.1) is 11.8 Å². The number of carbonyl (C=O) groups is 3. The molecule has 0 aromatic heterocycles. The molecule has 1 spiro atoms. The number of alkyl halides is 1. The van der Waals surface area contributed by atoms with E-state index in [1.807, 2.05) is 44.2 Å². The highest BCUT2D eigenvalue weighted by Crippen LogP contribution is 2.67. The number of aliphatic hydroxyl groups excluding tert-OH is 1. The number of nitrogens with zero attached hydrogens (tertiary/aromatic N) is 1. The number of likely N-dealkylation sites (tertiary alicyclic amines) is 1. The molecule has 168 valence electrons. The lowest BCUT2D eigenvalue weighted by Gasteiger charge is -2.35. The first-order chi connectivity index (χ1) is 14.8. The minimum absolute atomic E-state index is 0.0393. The lowest BCUT2D eigenvalue weighted by molar-refractivity contribution is -0.140. The van der Waals surface area contributed by atoms with Crippen LogP contribution >= 0.6 is 27.7 Å². The monoisotopic (exact) mass is 509 g/mol. The molecule has 0 radical (unpaired) electrons. The second kappa shape index (κ2) is 8.75. The maximum Gasteiger partial charge on any atom is 0.244 e. The topological polar surface area (TPSA) is 98.7 Å². The molecule has 9 heteroatoms. The molecule has 3 aliphatic rings. The van der Waals surface area contributed by atoms with Crippen molar-refractivity contribution in [3.05, 3.63) is 35.9 Å². The average molecular weight is 510 g/mol. The average Bonchev–Trinajstić information content (AvgIpc) is 3.31. The van der Waals surface area contributed by atoms with Crippen molar-refractivity contribution in [1.29, 1.82) is 0 Å². The molecule has 3 N–H and O–H groups in total. The minimum atomic E-state index is -0.693. The van der Waals surface area contributed by atoms with Gasteiger partial charge in [0.1, 0.15) is 6.04 Å². The van der Waals surface area contributed by atoms with E-state index in [4.69, 9.17) is 0 Å². The molecule has 3 unspecified atom stereocenters. The summed E-state index contributed by atoms with van der Waals surface area (Å²) in [5.41, 5.74) is 0.991. The van der Waals surface area contributed by atoms with Crippen LogP contribution in [0.1, 0.15) is 25.8 Å². The maximum atomic E-state index is 13.5. The standard InChI is InChI=1S/C22H28BrN3O4S/c1-12(2)25-20(29)18-22-10-14(23)17(31-22)15(16(22)21(30)26(18)8-9-27)19(28)24-11-13-6-4-3-5-7-13/h3-7,12,14-18,27H,8-11H2,1-2H3,(H,24,28)(H,25,29)/t14?,15-,16+,17-,18?,22?/m1/s1. The molecule has 1 aromatic rings. The number of benzene rings is 1. The second-order valence-corrected chi connectivity index (χ2v) is 11.5. The number of β-amino-alcohol motifs (C(OH)–C–C–N with tert-alkyl or cyclic N) is 1. The van der Waals surface area contributed by atoms with Gasteiger partial charge in [-0.2, -0.15) is 0 Å². The van der Waals surface area contributed by atoms with Crippen LogP contribution in [0.4, 0.5) is 0 Å². The zero-order valence-corrected chi connectivity index (χ0v) is 20.0. The number of amides is 3. The molecule has 0 aliphatic carbocycles. The van der Waals surface area contributed by atoms with Crippen molar-refractivity contribution in [3.8, 4) is 0 Å². The van der Waals surface area contributed by atoms with E-state index in [0.29, 0.717) is 13.0 Å². The van der Waals surface area contributed by atoms with Gasteiger partial charge in [-0.05, 0) is 25.8 Å². The van der Waals surface area contributed by atoms with Crippen molar-refractivity contribution >= 4 is 45.4 Å². The van der Waals surface area contributed by atoms with Crippen LogP contribution in [-0.2, 0) is 20.9 Å². The summed E-state index contributed by atoms with van der Waals surface area (Å²) in [7, 11) is 0. The first kappa shape index (κ1) is 22.6. The number of nitrogens with one attached hydrogen (secondary N) is 2. The Morgan fingerprint density at radius 2 is 2.00 bits per heavy atom. The summed E-state index contributed by atoms with van der Waals surface area (Å²) >= 11 is 5.33. The Kier molecular flexibility index (Phi) is 6.38. The molecule has 3 saturated heterocycles. The molecular weight excluding hydrogens is 482 g/mol. The summed E-state index contributed by atoms with van der Waals surface area (Å²) in [6.07, 6.45) is 0.638. The molecule has 2 bridgehead atoms. The summed E-state index contributed by atoms with van der Waals surface area (Å²) in [6, 6.07) is 8.89. The molecule has 6 atom stereocenters. The summed E-state index contributed by atoms with van der Waals surface area (Å²) in [5, 5.41) is 15.5. The quantitative estimate of drug-likeness (QED) is 0.481. The van der Waals surface area contributed by atoms with Crippen LogP contribution in [-0.4, -0.2) is 67.8 Å². The summed E-state index contributed by atoms with van der Waals surface area (Å²) in [4.78, 5) is 41.5. The maximum absolute atomic E-state index is 13.5. The van der Waals surface area contributed by atoms with Crippen LogP contribution in [0, 0.1) is 11.8 Å². The van der Waals surface area contributed by atoms with Gasteiger partial charge in [-0.25, -0.2) is 0 Å². The van der Waals surface area contributed by atoms with E-state index in [-0.39, 0.29) is 47.0 Å². The first-order valence-electron chi connectivity index (χ1n) is 10.7. The predicted octanol–water partition coefficient (Wildman–Crippen LogP) is 1.28. The Morgan fingerprint density at radius 3 is 2.65 bits per heavy atom. The van der Waals surface area contributed by atoms with Gasteiger partial charge >= 0.3 is 0 Å². The number of fused-ring (bicyclic) bond motifs is 1. The summed E-state index contributed by atoms with van der Waals surface area (Å²) in [6.45, 7) is 4.02. The highest BCUT2D eigenvalue weighted by Gasteiger charge is 2.75. The number of carbonyl (C=O) groups excluding carboxylic acids is 3. The predicted molar refractivity (Wildman–Crippen MR) is 123 cm³/mol. The fourth-order valence-electron chi connectivity index (χ4n) is 5.34. The number of hydrogen-bond donors (Lipinski definition) is 3. The van der Waals surface area contributed by atoms with E-state index < -0.39 is 22.6 Å². The molecule has 3 fully saturated rings. The van der Waals surface area contributed by atoms with Crippen molar-refractivity contribution in [1.82, 2.24) is 15.5 Å². The van der Waals surface area contributed by atoms with Crippen molar-refractivity contribution < 1.29 is 19.5 Å². The third-order valence-electron chi connectivity index (χ3n) is 6.42. The normalized spacial score (nSPS) is 33.6. The molecule has 31 heavy (non-hydrogen) atoms. The van der Waals surface area contributed by atoms with Gasteiger partial charge in [-0.1, -0.05) is 46.3 Å². The van der Waals surface area contributed by atoms with Crippen LogP contribution < -0.4 is 10.6 Å². The minimum Gasteiger partial charge on any atom is -0.395 e.